The fourth-order valence-corrected chi connectivity index (χ4v) is 0.903. The Bertz CT molecular complexity index is 123. The molecule has 0 bridgehead atoms. The van der Waals surface area contributed by atoms with Gasteiger partial charge in [0.05, 0.1) is 6.04 Å². The highest BCUT2D eigenvalue weighted by Gasteiger charge is 2.11. The van der Waals surface area contributed by atoms with E-state index in [1.54, 1.807) is 0 Å². The largest absolute Gasteiger partial charge is 0.355 e. The first kappa shape index (κ1) is 10.4. The van der Waals surface area contributed by atoms with E-state index in [4.69, 9.17) is 0 Å². The van der Waals surface area contributed by atoms with Gasteiger partial charge in [-0.1, -0.05) is 13.8 Å². The summed E-state index contributed by atoms with van der Waals surface area (Å²) in [6, 6.07) is 0.266. The summed E-state index contributed by atoms with van der Waals surface area (Å²) in [5, 5.41) is 5.86. The maximum Gasteiger partial charge on any atom is 0.236 e. The molecule has 0 radical (unpaired) electrons. The molecule has 1 atom stereocenters. The fraction of sp³-hybridized carbons (Fsp3) is 0.875. The second-order valence-corrected chi connectivity index (χ2v) is 2.94. The lowest BCUT2D eigenvalue weighted by molar-refractivity contribution is -0.122. The summed E-state index contributed by atoms with van der Waals surface area (Å²) in [6.07, 6.45) is 0. The molecule has 0 aromatic carbocycles. The summed E-state index contributed by atoms with van der Waals surface area (Å²) in [7, 11) is 0. The van der Waals surface area contributed by atoms with Gasteiger partial charge in [0.1, 0.15) is 0 Å². The van der Waals surface area contributed by atoms with Crippen molar-refractivity contribution in [2.24, 2.45) is 0 Å². The monoisotopic (exact) mass is 158 g/mol. The first-order valence-electron chi connectivity index (χ1n) is 4.11. The molecular formula is C8H18N2O. The topological polar surface area (TPSA) is 41.1 Å². The first-order chi connectivity index (χ1) is 5.07. The summed E-state index contributed by atoms with van der Waals surface area (Å²) in [4.78, 5) is 11.1. The smallest absolute Gasteiger partial charge is 0.236 e. The lowest BCUT2D eigenvalue weighted by atomic mass is 10.2. The summed E-state index contributed by atoms with van der Waals surface area (Å²) in [6.45, 7) is 8.53. The minimum Gasteiger partial charge on any atom is -0.355 e. The molecule has 0 aliphatic rings. The number of amides is 1. The Hall–Kier alpha value is -0.570. The average Bonchev–Trinajstić information content (AvgIpc) is 1.86. The molecule has 0 heterocycles. The zero-order valence-corrected chi connectivity index (χ0v) is 7.77. The van der Waals surface area contributed by atoms with E-state index in [-0.39, 0.29) is 11.9 Å². The third kappa shape index (κ3) is 4.79. The van der Waals surface area contributed by atoms with E-state index in [9.17, 15) is 4.79 Å². The molecule has 1 unspecified atom stereocenters. The molecule has 3 nitrogen and oxygen atoms in total. The maximum absolute atomic E-state index is 11.1. The normalized spacial score (nSPS) is 13.2. The quantitative estimate of drug-likeness (QED) is 0.626. The number of rotatable bonds is 4. The van der Waals surface area contributed by atoms with Gasteiger partial charge in [-0.3, -0.25) is 4.79 Å². The van der Waals surface area contributed by atoms with Crippen LogP contribution in [0.3, 0.4) is 0 Å². The Balaban J connectivity index is 3.64. The van der Waals surface area contributed by atoms with Crippen LogP contribution in [0.25, 0.3) is 0 Å². The molecule has 2 N–H and O–H groups in total. The number of likely N-dealkylation sites (N-methyl/N-ethyl adjacent to an activating group) is 1. The Labute approximate surface area is 68.6 Å². The molecule has 0 aromatic heterocycles. The molecule has 1 amide bonds. The predicted molar refractivity (Wildman–Crippen MR) is 46.4 cm³/mol. The van der Waals surface area contributed by atoms with Crippen LogP contribution >= 0.6 is 0 Å². The van der Waals surface area contributed by atoms with Crippen molar-refractivity contribution in [2.75, 3.05) is 6.54 Å². The summed E-state index contributed by atoms with van der Waals surface area (Å²) < 4.78 is 0. The Morgan fingerprint density at radius 2 is 1.91 bits per heavy atom. The third-order valence-electron chi connectivity index (χ3n) is 1.33. The molecule has 0 spiro atoms. The van der Waals surface area contributed by atoms with E-state index < -0.39 is 0 Å². The van der Waals surface area contributed by atoms with Crippen LogP contribution in [0, 0.1) is 0 Å². The van der Waals surface area contributed by atoms with E-state index in [1.807, 2.05) is 27.7 Å². The van der Waals surface area contributed by atoms with Gasteiger partial charge in [0.25, 0.3) is 0 Å². The maximum atomic E-state index is 11.1. The van der Waals surface area contributed by atoms with E-state index in [1.165, 1.54) is 0 Å². The minimum absolute atomic E-state index is 0.0706. The van der Waals surface area contributed by atoms with E-state index >= 15 is 0 Å². The number of carbonyl (C=O) groups excluding carboxylic acids is 1. The van der Waals surface area contributed by atoms with Gasteiger partial charge in [-0.15, -0.1) is 0 Å². The van der Waals surface area contributed by atoms with Crippen LogP contribution in [0.4, 0.5) is 0 Å². The van der Waals surface area contributed by atoms with Gasteiger partial charge < -0.3 is 10.6 Å². The van der Waals surface area contributed by atoms with Gasteiger partial charge in [0, 0.05) is 12.6 Å². The van der Waals surface area contributed by atoms with Crippen molar-refractivity contribution in [2.45, 2.75) is 39.8 Å². The van der Waals surface area contributed by atoms with Crippen LogP contribution < -0.4 is 10.6 Å². The van der Waals surface area contributed by atoms with Crippen LogP contribution in [0.5, 0.6) is 0 Å². The molecule has 0 rings (SSSR count). The molecule has 0 aromatic rings. The van der Waals surface area contributed by atoms with Crippen molar-refractivity contribution in [3.63, 3.8) is 0 Å². The number of hydrogen-bond acceptors (Lipinski definition) is 2. The first-order valence-corrected chi connectivity index (χ1v) is 4.11. The van der Waals surface area contributed by atoms with Gasteiger partial charge in [-0.2, -0.15) is 0 Å². The van der Waals surface area contributed by atoms with Crippen LogP contribution in [0.15, 0.2) is 0 Å². The van der Waals surface area contributed by atoms with Crippen LogP contribution in [0.1, 0.15) is 27.7 Å². The van der Waals surface area contributed by atoms with Gasteiger partial charge >= 0.3 is 0 Å². The summed E-state index contributed by atoms with van der Waals surface area (Å²) in [5.41, 5.74) is 0. The second kappa shape index (κ2) is 5.13. The Morgan fingerprint density at radius 1 is 1.36 bits per heavy atom. The standard InChI is InChI=1S/C8H18N2O/c1-5-9-8(11)7(4)10-6(2)3/h6-7,10H,5H2,1-4H3,(H,9,11). The minimum atomic E-state index is -0.0880. The molecule has 11 heavy (non-hydrogen) atoms. The molecule has 0 aliphatic carbocycles. The summed E-state index contributed by atoms with van der Waals surface area (Å²) >= 11 is 0. The third-order valence-corrected chi connectivity index (χ3v) is 1.33. The highest BCUT2D eigenvalue weighted by atomic mass is 16.2. The zero-order valence-electron chi connectivity index (χ0n) is 7.77. The van der Waals surface area contributed by atoms with Crippen LogP contribution in [0.2, 0.25) is 0 Å². The molecule has 66 valence electrons. The highest BCUT2D eigenvalue weighted by molar-refractivity contribution is 5.81. The van der Waals surface area contributed by atoms with Crippen molar-refractivity contribution in [1.29, 1.82) is 0 Å². The van der Waals surface area contributed by atoms with E-state index in [0.29, 0.717) is 12.6 Å². The number of nitrogens with one attached hydrogen (secondary N) is 2. The van der Waals surface area contributed by atoms with Crippen LogP contribution in [-0.2, 0) is 4.79 Å². The Kier molecular flexibility index (Phi) is 4.86. The van der Waals surface area contributed by atoms with Gasteiger partial charge in [-0.05, 0) is 13.8 Å². The SMILES string of the molecule is CCNC(=O)C(C)NC(C)C. The van der Waals surface area contributed by atoms with E-state index in [0.717, 1.165) is 0 Å². The summed E-state index contributed by atoms with van der Waals surface area (Å²) in [5.74, 6) is 0.0706. The van der Waals surface area contributed by atoms with E-state index in [2.05, 4.69) is 10.6 Å². The molecule has 3 heteroatoms. The number of hydrogen-bond donors (Lipinski definition) is 2. The van der Waals surface area contributed by atoms with Crippen molar-refractivity contribution < 1.29 is 4.79 Å². The Morgan fingerprint density at radius 3 is 2.27 bits per heavy atom. The molecule has 0 fully saturated rings. The molecule has 0 saturated heterocycles. The molecule has 0 aliphatic heterocycles. The lowest BCUT2D eigenvalue weighted by Crippen LogP contribution is -2.44. The predicted octanol–water partition coefficient (Wildman–Crippen LogP) is 0.509. The molecule has 0 saturated carbocycles. The van der Waals surface area contributed by atoms with Gasteiger partial charge in [0.15, 0.2) is 0 Å². The van der Waals surface area contributed by atoms with Gasteiger partial charge in [0.2, 0.25) is 5.91 Å². The highest BCUT2D eigenvalue weighted by Crippen LogP contribution is 1.85. The molecular weight excluding hydrogens is 140 g/mol. The van der Waals surface area contributed by atoms with Crippen molar-refractivity contribution in [3.8, 4) is 0 Å². The van der Waals surface area contributed by atoms with Crippen molar-refractivity contribution >= 4 is 5.91 Å². The van der Waals surface area contributed by atoms with Crippen molar-refractivity contribution in [3.05, 3.63) is 0 Å². The zero-order chi connectivity index (χ0) is 8.85. The van der Waals surface area contributed by atoms with Crippen molar-refractivity contribution in [1.82, 2.24) is 10.6 Å². The fourth-order valence-electron chi connectivity index (χ4n) is 0.903. The lowest BCUT2D eigenvalue weighted by Gasteiger charge is -2.15. The van der Waals surface area contributed by atoms with Gasteiger partial charge in [-0.25, -0.2) is 0 Å². The number of carbonyl (C=O) groups is 1. The second-order valence-electron chi connectivity index (χ2n) is 2.94. The van der Waals surface area contributed by atoms with Crippen LogP contribution in [-0.4, -0.2) is 24.5 Å². The average molecular weight is 158 g/mol.